The summed E-state index contributed by atoms with van der Waals surface area (Å²) in [4.78, 5) is 13.2. The number of hydrogen-bond acceptors (Lipinski definition) is 3. The highest BCUT2D eigenvalue weighted by atomic mass is 35.5. The molecule has 1 saturated heterocycles. The lowest BCUT2D eigenvalue weighted by Gasteiger charge is -2.35. The van der Waals surface area contributed by atoms with Crippen LogP contribution in [0.15, 0.2) is 36.5 Å². The van der Waals surface area contributed by atoms with Crippen molar-refractivity contribution in [1.29, 1.82) is 0 Å². The van der Waals surface area contributed by atoms with E-state index in [1.165, 1.54) is 0 Å². The van der Waals surface area contributed by atoms with Crippen molar-refractivity contribution in [1.82, 2.24) is 20.4 Å². The first-order valence-corrected chi connectivity index (χ1v) is 12.3. The van der Waals surface area contributed by atoms with Crippen molar-refractivity contribution in [2.75, 3.05) is 0 Å². The van der Waals surface area contributed by atoms with Gasteiger partial charge in [0.1, 0.15) is 0 Å². The van der Waals surface area contributed by atoms with Crippen LogP contribution < -0.4 is 10.6 Å². The van der Waals surface area contributed by atoms with Crippen LogP contribution in [0.3, 0.4) is 0 Å². The fourth-order valence-corrected chi connectivity index (χ4v) is 5.14. The number of halogens is 1. The van der Waals surface area contributed by atoms with Crippen LogP contribution in [0, 0.1) is 5.41 Å². The van der Waals surface area contributed by atoms with Gasteiger partial charge in [0, 0.05) is 29.2 Å². The minimum Gasteiger partial charge on any atom is -0.352 e. The first-order valence-electron chi connectivity index (χ1n) is 11.9. The molecule has 1 aromatic carbocycles. The van der Waals surface area contributed by atoms with Crippen molar-refractivity contribution in [3.05, 3.63) is 52.8 Å². The molecule has 2 N–H and O–H groups in total. The number of nitrogens with zero attached hydrogens (tertiary/aromatic N) is 2. The van der Waals surface area contributed by atoms with Gasteiger partial charge in [0.2, 0.25) is 5.91 Å². The Hall–Kier alpha value is -1.85. The number of carbonyl (C=O) groups is 1. The summed E-state index contributed by atoms with van der Waals surface area (Å²) in [5, 5.41) is 12.6. The summed E-state index contributed by atoms with van der Waals surface area (Å²) in [5.41, 5.74) is 2.48. The van der Waals surface area contributed by atoms with Crippen LogP contribution in [0.5, 0.6) is 0 Å². The molecule has 6 heteroatoms. The molecular formula is C26H37ClN4O. The Labute approximate surface area is 197 Å². The number of amides is 1. The summed E-state index contributed by atoms with van der Waals surface area (Å²) in [7, 11) is 0. The minimum absolute atomic E-state index is 0.0247. The Morgan fingerprint density at radius 3 is 2.41 bits per heavy atom. The summed E-state index contributed by atoms with van der Waals surface area (Å²) in [6.07, 6.45) is 7.23. The number of benzene rings is 1. The van der Waals surface area contributed by atoms with Crippen LogP contribution in [-0.4, -0.2) is 27.8 Å². The summed E-state index contributed by atoms with van der Waals surface area (Å²) in [5.74, 6) is 0.243. The molecule has 2 aromatic rings. The van der Waals surface area contributed by atoms with E-state index in [-0.39, 0.29) is 35.5 Å². The Kier molecular flexibility index (Phi) is 6.43. The number of hydrogen-bond donors (Lipinski definition) is 2. The molecule has 1 aromatic heterocycles. The van der Waals surface area contributed by atoms with Crippen molar-refractivity contribution >= 4 is 17.5 Å². The van der Waals surface area contributed by atoms with E-state index in [4.69, 9.17) is 16.7 Å². The highest BCUT2D eigenvalue weighted by Gasteiger charge is 2.41. The molecule has 32 heavy (non-hydrogen) atoms. The zero-order valence-corrected chi connectivity index (χ0v) is 20.7. The Morgan fingerprint density at radius 2 is 1.81 bits per heavy atom. The van der Waals surface area contributed by atoms with Gasteiger partial charge in [0.15, 0.2) is 0 Å². The molecule has 1 aliphatic heterocycles. The maximum atomic E-state index is 13.2. The van der Waals surface area contributed by atoms with Crippen molar-refractivity contribution in [2.24, 2.45) is 5.41 Å². The van der Waals surface area contributed by atoms with Crippen LogP contribution in [0.25, 0.3) is 0 Å². The first kappa shape index (κ1) is 23.3. The number of rotatable bonds is 4. The van der Waals surface area contributed by atoms with E-state index in [0.717, 1.165) is 48.4 Å². The van der Waals surface area contributed by atoms with Crippen LogP contribution in [0.1, 0.15) is 89.9 Å². The van der Waals surface area contributed by atoms with Gasteiger partial charge >= 0.3 is 0 Å². The molecule has 1 saturated carbocycles. The van der Waals surface area contributed by atoms with E-state index < -0.39 is 0 Å². The standard InChI is InChI=1S/C26H37ClN4O/c1-25(2,3)31-15-12-21(30-31)20-16-22(29-23(20)17-6-8-18(27)9-7-17)24(32)28-19-10-13-26(4,5)14-11-19/h6-9,12,15,19-20,22-23,29H,10-11,13-14,16H2,1-5H3,(H,28,32)/t20?,22-,23-/m0/s1. The molecule has 3 atom stereocenters. The molecule has 2 fully saturated rings. The highest BCUT2D eigenvalue weighted by molar-refractivity contribution is 6.30. The molecule has 0 spiro atoms. The molecule has 1 unspecified atom stereocenters. The predicted molar refractivity (Wildman–Crippen MR) is 130 cm³/mol. The molecule has 2 aliphatic rings. The van der Waals surface area contributed by atoms with E-state index in [0.29, 0.717) is 5.41 Å². The lowest BCUT2D eigenvalue weighted by atomic mass is 9.75. The fraction of sp³-hybridized carbons (Fsp3) is 0.615. The SMILES string of the molecule is CC1(C)CCC(NC(=O)[C@@H]2CC(c3ccn(C(C)(C)C)n3)[C@H](c3ccc(Cl)cc3)N2)CC1. The molecule has 0 radical (unpaired) electrons. The zero-order chi connectivity index (χ0) is 23.1. The van der Waals surface area contributed by atoms with Gasteiger partial charge < -0.3 is 5.32 Å². The van der Waals surface area contributed by atoms with E-state index in [9.17, 15) is 4.79 Å². The second-order valence-electron chi connectivity index (χ2n) is 11.4. The topological polar surface area (TPSA) is 59.0 Å². The summed E-state index contributed by atoms with van der Waals surface area (Å²) < 4.78 is 2.01. The van der Waals surface area contributed by atoms with Gasteiger partial charge in [-0.1, -0.05) is 37.6 Å². The van der Waals surface area contributed by atoms with E-state index in [1.807, 2.05) is 23.0 Å². The molecule has 4 rings (SSSR count). The van der Waals surface area contributed by atoms with E-state index >= 15 is 0 Å². The van der Waals surface area contributed by atoms with Crippen molar-refractivity contribution in [3.8, 4) is 0 Å². The third-order valence-corrected chi connectivity index (χ3v) is 7.43. The van der Waals surface area contributed by atoms with Gasteiger partial charge in [-0.15, -0.1) is 0 Å². The van der Waals surface area contributed by atoms with Gasteiger partial charge in [-0.3, -0.25) is 14.8 Å². The van der Waals surface area contributed by atoms with Crippen LogP contribution in [-0.2, 0) is 10.3 Å². The Morgan fingerprint density at radius 1 is 1.16 bits per heavy atom. The maximum absolute atomic E-state index is 13.2. The van der Waals surface area contributed by atoms with Gasteiger partial charge in [0.25, 0.3) is 0 Å². The van der Waals surface area contributed by atoms with E-state index in [2.05, 4.69) is 63.5 Å². The third kappa shape index (κ3) is 5.20. The maximum Gasteiger partial charge on any atom is 0.237 e. The molecular weight excluding hydrogens is 420 g/mol. The van der Waals surface area contributed by atoms with Gasteiger partial charge in [-0.25, -0.2) is 0 Å². The highest BCUT2D eigenvalue weighted by Crippen LogP contribution is 2.41. The molecule has 1 amide bonds. The Bertz CT molecular complexity index is 933. The molecule has 2 heterocycles. The first-order chi connectivity index (χ1) is 15.0. The molecule has 1 aliphatic carbocycles. The second kappa shape index (κ2) is 8.83. The average Bonchev–Trinajstić information content (AvgIpc) is 3.37. The largest absolute Gasteiger partial charge is 0.352 e. The molecule has 174 valence electrons. The normalized spacial score (nSPS) is 26.2. The van der Waals surface area contributed by atoms with E-state index in [1.54, 1.807) is 0 Å². The number of aromatic nitrogens is 2. The van der Waals surface area contributed by atoms with Crippen molar-refractivity contribution in [3.63, 3.8) is 0 Å². The van der Waals surface area contributed by atoms with Crippen molar-refractivity contribution < 1.29 is 4.79 Å². The predicted octanol–water partition coefficient (Wildman–Crippen LogP) is 5.56. The summed E-state index contributed by atoms with van der Waals surface area (Å²) >= 11 is 6.13. The van der Waals surface area contributed by atoms with Gasteiger partial charge in [0.05, 0.1) is 17.3 Å². The van der Waals surface area contributed by atoms with Gasteiger partial charge in [-0.2, -0.15) is 5.10 Å². The fourth-order valence-electron chi connectivity index (χ4n) is 5.02. The summed E-state index contributed by atoms with van der Waals surface area (Å²) in [6.45, 7) is 11.1. The average molecular weight is 457 g/mol. The minimum atomic E-state index is -0.226. The third-order valence-electron chi connectivity index (χ3n) is 7.18. The second-order valence-corrected chi connectivity index (χ2v) is 11.8. The van der Waals surface area contributed by atoms with Crippen molar-refractivity contribution in [2.45, 2.75) is 96.3 Å². The summed E-state index contributed by atoms with van der Waals surface area (Å²) in [6, 6.07) is 10.1. The lowest BCUT2D eigenvalue weighted by molar-refractivity contribution is -0.124. The number of nitrogens with one attached hydrogen (secondary N) is 2. The van der Waals surface area contributed by atoms with Gasteiger partial charge in [-0.05, 0) is 82.1 Å². The monoisotopic (exact) mass is 456 g/mol. The van der Waals surface area contributed by atoms with Crippen LogP contribution in [0.2, 0.25) is 5.02 Å². The zero-order valence-electron chi connectivity index (χ0n) is 20.0. The quantitative estimate of drug-likeness (QED) is 0.632. The molecule has 0 bridgehead atoms. The Balaban J connectivity index is 1.52. The lowest BCUT2D eigenvalue weighted by Crippen LogP contribution is -2.47. The smallest absolute Gasteiger partial charge is 0.237 e. The number of carbonyl (C=O) groups excluding carboxylic acids is 1. The van der Waals surface area contributed by atoms with Crippen LogP contribution >= 0.6 is 11.6 Å². The van der Waals surface area contributed by atoms with Crippen LogP contribution in [0.4, 0.5) is 0 Å². The molecule has 5 nitrogen and oxygen atoms in total.